The molecule has 1 atom stereocenters. The number of imidazole rings is 2. The van der Waals surface area contributed by atoms with Gasteiger partial charge in [0.05, 0.1) is 6.04 Å². The Morgan fingerprint density at radius 2 is 1.75 bits per heavy atom. The maximum absolute atomic E-state index is 13.2. The van der Waals surface area contributed by atoms with Gasteiger partial charge in [0.15, 0.2) is 11.2 Å². The Balaban J connectivity index is 2.12. The Morgan fingerprint density at radius 3 is 2.39 bits per heavy atom. The van der Waals surface area contributed by atoms with Gasteiger partial charge < -0.3 is 4.57 Å². The normalized spacial score (nSPS) is 12.9. The smallest absolute Gasteiger partial charge is 0.307 e. The Morgan fingerprint density at radius 1 is 1.07 bits per heavy atom. The third kappa shape index (κ3) is 2.38. The molecule has 1 aromatic carbocycles. The van der Waals surface area contributed by atoms with E-state index in [9.17, 15) is 9.59 Å². The van der Waals surface area contributed by atoms with Gasteiger partial charge in [0.25, 0.3) is 5.56 Å². The van der Waals surface area contributed by atoms with Crippen LogP contribution in [-0.2, 0) is 13.6 Å². The minimum atomic E-state index is -0.322. The highest BCUT2D eigenvalue weighted by molar-refractivity contribution is 5.76. The van der Waals surface area contributed by atoms with E-state index >= 15 is 0 Å². The Labute approximate surface area is 162 Å². The van der Waals surface area contributed by atoms with E-state index in [1.807, 2.05) is 43.4 Å². The lowest BCUT2D eigenvalue weighted by atomic mass is 10.1. The number of hydrogen-bond donors (Lipinski definition) is 0. The van der Waals surface area contributed by atoms with Gasteiger partial charge in [-0.1, -0.05) is 37.3 Å². The highest BCUT2D eigenvalue weighted by Crippen LogP contribution is 2.27. The van der Waals surface area contributed by atoms with Crippen molar-refractivity contribution < 1.29 is 0 Å². The van der Waals surface area contributed by atoms with Gasteiger partial charge in [-0.3, -0.25) is 18.3 Å². The van der Waals surface area contributed by atoms with E-state index in [0.29, 0.717) is 29.9 Å². The van der Waals surface area contributed by atoms with E-state index in [1.165, 1.54) is 9.13 Å². The minimum absolute atomic E-state index is 0.0455. The van der Waals surface area contributed by atoms with Gasteiger partial charge >= 0.3 is 5.69 Å². The summed E-state index contributed by atoms with van der Waals surface area (Å²) in [7, 11) is 1.68. The van der Waals surface area contributed by atoms with Gasteiger partial charge in [-0.2, -0.15) is 4.98 Å². The van der Waals surface area contributed by atoms with Crippen LogP contribution < -0.4 is 11.2 Å². The summed E-state index contributed by atoms with van der Waals surface area (Å²) in [6.07, 6.45) is 0.715. The van der Waals surface area contributed by atoms with Gasteiger partial charge in [-0.25, -0.2) is 4.79 Å². The monoisotopic (exact) mass is 379 g/mol. The molecule has 0 saturated carbocycles. The molecule has 0 fully saturated rings. The molecule has 28 heavy (non-hydrogen) atoms. The second kappa shape index (κ2) is 6.51. The summed E-state index contributed by atoms with van der Waals surface area (Å²) in [5.41, 5.74) is 3.46. The zero-order valence-electron chi connectivity index (χ0n) is 16.9. The first-order chi connectivity index (χ1) is 13.4. The molecule has 3 aromatic heterocycles. The molecule has 0 spiro atoms. The van der Waals surface area contributed by atoms with Crippen LogP contribution in [0.2, 0.25) is 0 Å². The first kappa shape index (κ1) is 18.3. The fraction of sp³-hybridized carbons (Fsp3) is 0.381. The molecule has 7 nitrogen and oxygen atoms in total. The van der Waals surface area contributed by atoms with E-state index in [2.05, 4.69) is 23.6 Å². The molecule has 0 bridgehead atoms. The predicted octanol–water partition coefficient (Wildman–Crippen LogP) is 2.79. The lowest BCUT2D eigenvalue weighted by Crippen LogP contribution is -2.39. The highest BCUT2D eigenvalue weighted by Gasteiger charge is 2.24. The van der Waals surface area contributed by atoms with E-state index < -0.39 is 0 Å². The summed E-state index contributed by atoms with van der Waals surface area (Å²) in [5.74, 6) is 0.683. The zero-order valence-corrected chi connectivity index (χ0v) is 16.9. The van der Waals surface area contributed by atoms with Crippen molar-refractivity contribution in [1.82, 2.24) is 23.1 Å². The van der Waals surface area contributed by atoms with Crippen LogP contribution in [0.3, 0.4) is 0 Å². The van der Waals surface area contributed by atoms with Crippen LogP contribution in [0, 0.1) is 13.8 Å². The molecule has 0 amide bonds. The predicted molar refractivity (Wildman–Crippen MR) is 110 cm³/mol. The molecule has 4 aromatic rings. The quantitative estimate of drug-likeness (QED) is 0.548. The summed E-state index contributed by atoms with van der Waals surface area (Å²) in [4.78, 5) is 30.6. The van der Waals surface area contributed by atoms with Gasteiger partial charge in [0.1, 0.15) is 0 Å². The number of aromatic nitrogens is 5. The van der Waals surface area contributed by atoms with Crippen LogP contribution in [0.15, 0.2) is 39.9 Å². The molecule has 0 saturated heterocycles. The zero-order chi connectivity index (χ0) is 20.2. The fourth-order valence-corrected chi connectivity index (χ4v) is 4.04. The summed E-state index contributed by atoms with van der Waals surface area (Å²) >= 11 is 0. The number of nitrogens with zero attached hydrogens (tertiary/aromatic N) is 5. The maximum Gasteiger partial charge on any atom is 0.332 e. The van der Waals surface area contributed by atoms with Crippen LogP contribution >= 0.6 is 0 Å². The highest BCUT2D eigenvalue weighted by atomic mass is 16.2. The van der Waals surface area contributed by atoms with Crippen LogP contribution in [0.5, 0.6) is 0 Å². The topological polar surface area (TPSA) is 66.2 Å². The van der Waals surface area contributed by atoms with E-state index in [0.717, 1.165) is 17.0 Å². The van der Waals surface area contributed by atoms with Gasteiger partial charge in [0.2, 0.25) is 5.78 Å². The van der Waals surface area contributed by atoms with Crippen molar-refractivity contribution in [3.05, 3.63) is 68.1 Å². The van der Waals surface area contributed by atoms with Gasteiger partial charge in [0, 0.05) is 25.0 Å². The van der Waals surface area contributed by atoms with Gasteiger partial charge in [-0.15, -0.1) is 0 Å². The summed E-state index contributed by atoms with van der Waals surface area (Å²) in [6.45, 7) is 8.51. The van der Waals surface area contributed by atoms with Crippen molar-refractivity contribution in [2.45, 2.75) is 46.7 Å². The lowest BCUT2D eigenvalue weighted by Gasteiger charge is -2.16. The summed E-state index contributed by atoms with van der Waals surface area (Å²) in [5, 5.41) is 0. The largest absolute Gasteiger partial charge is 0.332 e. The molecule has 3 heterocycles. The van der Waals surface area contributed by atoms with Gasteiger partial charge in [-0.05, 0) is 32.8 Å². The van der Waals surface area contributed by atoms with Crippen molar-refractivity contribution in [1.29, 1.82) is 0 Å². The number of aryl methyl sites for hydroxylation is 2. The number of hydrogen-bond acceptors (Lipinski definition) is 3. The average Bonchev–Trinajstić information content (AvgIpc) is 3.19. The van der Waals surface area contributed by atoms with E-state index in [-0.39, 0.29) is 17.3 Å². The van der Waals surface area contributed by atoms with Crippen molar-refractivity contribution in [3.8, 4) is 0 Å². The molecule has 4 rings (SSSR count). The van der Waals surface area contributed by atoms with Crippen molar-refractivity contribution >= 4 is 16.9 Å². The van der Waals surface area contributed by atoms with Crippen molar-refractivity contribution in [3.63, 3.8) is 0 Å². The number of rotatable bonds is 4. The lowest BCUT2D eigenvalue weighted by molar-refractivity contribution is 0.592. The second-order valence-corrected chi connectivity index (χ2v) is 7.35. The second-order valence-electron chi connectivity index (χ2n) is 7.35. The third-order valence-corrected chi connectivity index (χ3v) is 5.68. The first-order valence-corrected chi connectivity index (χ1v) is 9.62. The first-order valence-electron chi connectivity index (χ1n) is 9.62. The van der Waals surface area contributed by atoms with Crippen LogP contribution in [0.4, 0.5) is 0 Å². The number of fused-ring (bicyclic) bond motifs is 3. The molecule has 7 heteroatoms. The molecule has 0 radical (unpaired) electrons. The van der Waals surface area contributed by atoms with Crippen molar-refractivity contribution in [2.24, 2.45) is 7.05 Å². The molecule has 0 unspecified atom stereocenters. The van der Waals surface area contributed by atoms with E-state index in [1.54, 1.807) is 7.05 Å². The maximum atomic E-state index is 13.2. The summed E-state index contributed by atoms with van der Waals surface area (Å²) < 4.78 is 6.83. The van der Waals surface area contributed by atoms with Crippen LogP contribution in [0.1, 0.15) is 43.3 Å². The minimum Gasteiger partial charge on any atom is -0.307 e. The molecular weight excluding hydrogens is 354 g/mol. The fourth-order valence-electron chi connectivity index (χ4n) is 4.04. The van der Waals surface area contributed by atoms with Crippen LogP contribution in [0.25, 0.3) is 16.9 Å². The molecule has 0 aliphatic heterocycles. The Kier molecular flexibility index (Phi) is 4.25. The molecule has 0 N–H and O–H groups in total. The summed E-state index contributed by atoms with van der Waals surface area (Å²) in [6, 6.07) is 10.2. The SMILES string of the molecule is CCCn1c(=O)c2c(nc3n([C@H](C)c4ccccc4)c(C)c(C)n23)n(C)c1=O. The molecule has 146 valence electrons. The average molecular weight is 379 g/mol. The number of benzene rings is 1. The van der Waals surface area contributed by atoms with Crippen LogP contribution in [-0.4, -0.2) is 23.1 Å². The molecule has 0 aliphatic rings. The van der Waals surface area contributed by atoms with Crippen molar-refractivity contribution in [2.75, 3.05) is 0 Å². The molecular formula is C21H25N5O2. The third-order valence-electron chi connectivity index (χ3n) is 5.68. The Hall–Kier alpha value is -3.09. The standard InChI is InChI=1S/C21H25N5O2/c1-6-12-24-19(27)17-18(23(5)21(24)28)22-20-25(13(2)14(3)26(17)20)15(4)16-10-8-7-9-11-16/h7-11,15H,6,12H2,1-5H3/t15-/m1/s1. The molecule has 0 aliphatic carbocycles. The van der Waals surface area contributed by atoms with E-state index in [4.69, 9.17) is 4.98 Å². The Bertz CT molecular complexity index is 1300.